The van der Waals surface area contributed by atoms with Crippen molar-refractivity contribution in [3.05, 3.63) is 41.9 Å². The SMILES string of the molecule is Cn1cc(-c2ccc(CCC(=O)O)cc2)nc1CCC1CCNCC1. The molecule has 2 heterocycles. The second-order valence-electron chi connectivity index (χ2n) is 6.98. The van der Waals surface area contributed by atoms with Gasteiger partial charge in [-0.15, -0.1) is 0 Å². The number of hydrogen-bond donors (Lipinski definition) is 2. The summed E-state index contributed by atoms with van der Waals surface area (Å²) in [6.07, 6.45) is 7.61. The van der Waals surface area contributed by atoms with E-state index >= 15 is 0 Å². The minimum atomic E-state index is -0.757. The van der Waals surface area contributed by atoms with E-state index < -0.39 is 5.97 Å². The number of piperidine rings is 1. The molecule has 0 radical (unpaired) electrons. The van der Waals surface area contributed by atoms with Gasteiger partial charge < -0.3 is 15.0 Å². The molecule has 1 aromatic heterocycles. The summed E-state index contributed by atoms with van der Waals surface area (Å²) >= 11 is 0. The standard InChI is InChI=1S/C20H27N3O2/c1-23-14-18(17-6-2-15(3-7-17)5-9-20(24)25)22-19(23)8-4-16-10-12-21-13-11-16/h2-3,6-7,14,16,21H,4-5,8-13H2,1H3,(H,24,25). The van der Waals surface area contributed by atoms with E-state index in [0.717, 1.165) is 48.1 Å². The van der Waals surface area contributed by atoms with Crippen LogP contribution in [-0.2, 0) is 24.7 Å². The topological polar surface area (TPSA) is 67.2 Å². The summed E-state index contributed by atoms with van der Waals surface area (Å²) in [5.74, 6) is 1.20. The smallest absolute Gasteiger partial charge is 0.303 e. The molecule has 0 amide bonds. The molecular weight excluding hydrogens is 314 g/mol. The Bertz CT molecular complexity index is 700. The quantitative estimate of drug-likeness (QED) is 0.812. The Morgan fingerprint density at radius 3 is 2.64 bits per heavy atom. The maximum atomic E-state index is 10.7. The summed E-state index contributed by atoms with van der Waals surface area (Å²) < 4.78 is 2.13. The Balaban J connectivity index is 1.61. The van der Waals surface area contributed by atoms with Crippen LogP contribution in [0.3, 0.4) is 0 Å². The van der Waals surface area contributed by atoms with Crippen molar-refractivity contribution in [3.8, 4) is 11.3 Å². The van der Waals surface area contributed by atoms with Crippen LogP contribution < -0.4 is 5.32 Å². The largest absolute Gasteiger partial charge is 0.481 e. The van der Waals surface area contributed by atoms with Crippen LogP contribution in [0.1, 0.15) is 37.1 Å². The molecule has 0 aliphatic carbocycles. The van der Waals surface area contributed by atoms with Gasteiger partial charge in [0.25, 0.3) is 0 Å². The number of carbonyl (C=O) groups is 1. The second kappa shape index (κ2) is 8.30. The van der Waals surface area contributed by atoms with Crippen molar-refractivity contribution in [2.24, 2.45) is 13.0 Å². The Hall–Kier alpha value is -2.14. The molecule has 1 fully saturated rings. The molecule has 0 bridgehead atoms. The van der Waals surface area contributed by atoms with Crippen LogP contribution in [0.2, 0.25) is 0 Å². The summed E-state index contributed by atoms with van der Waals surface area (Å²) in [6, 6.07) is 8.08. The molecule has 134 valence electrons. The van der Waals surface area contributed by atoms with Crippen molar-refractivity contribution < 1.29 is 9.90 Å². The first-order valence-corrected chi connectivity index (χ1v) is 9.16. The third-order valence-corrected chi connectivity index (χ3v) is 5.08. The molecule has 0 saturated carbocycles. The maximum Gasteiger partial charge on any atom is 0.303 e. The zero-order valence-electron chi connectivity index (χ0n) is 14.9. The summed E-state index contributed by atoms with van der Waals surface area (Å²) in [5.41, 5.74) is 3.13. The highest BCUT2D eigenvalue weighted by Gasteiger charge is 2.15. The number of aromatic nitrogens is 2. The van der Waals surface area contributed by atoms with E-state index in [0.29, 0.717) is 6.42 Å². The molecule has 2 aromatic rings. The van der Waals surface area contributed by atoms with Crippen molar-refractivity contribution in [1.29, 1.82) is 0 Å². The van der Waals surface area contributed by atoms with E-state index in [1.807, 2.05) is 24.3 Å². The van der Waals surface area contributed by atoms with Crippen molar-refractivity contribution in [2.45, 2.75) is 38.5 Å². The summed E-state index contributed by atoms with van der Waals surface area (Å²) in [7, 11) is 2.06. The van der Waals surface area contributed by atoms with Crippen LogP contribution in [-0.4, -0.2) is 33.7 Å². The van der Waals surface area contributed by atoms with E-state index in [9.17, 15) is 4.79 Å². The first-order valence-electron chi connectivity index (χ1n) is 9.16. The fraction of sp³-hybridized carbons (Fsp3) is 0.500. The highest BCUT2D eigenvalue weighted by atomic mass is 16.4. The molecule has 1 aromatic carbocycles. The molecule has 2 N–H and O–H groups in total. The normalized spacial score (nSPS) is 15.4. The number of rotatable bonds is 7. The van der Waals surface area contributed by atoms with E-state index in [2.05, 4.69) is 23.1 Å². The number of benzene rings is 1. The summed E-state index contributed by atoms with van der Waals surface area (Å²) in [6.45, 7) is 2.29. The highest BCUT2D eigenvalue weighted by Crippen LogP contribution is 2.22. The maximum absolute atomic E-state index is 10.7. The van der Waals surface area contributed by atoms with Gasteiger partial charge in [-0.1, -0.05) is 24.3 Å². The number of nitrogens with one attached hydrogen (secondary N) is 1. The molecule has 0 spiro atoms. The highest BCUT2D eigenvalue weighted by molar-refractivity contribution is 5.67. The van der Waals surface area contributed by atoms with Crippen LogP contribution in [0.25, 0.3) is 11.3 Å². The molecule has 1 aliphatic rings. The number of carboxylic acids is 1. The lowest BCUT2D eigenvalue weighted by atomic mass is 9.93. The number of aryl methyl sites for hydroxylation is 3. The molecule has 0 unspecified atom stereocenters. The van der Waals surface area contributed by atoms with Gasteiger partial charge in [-0.25, -0.2) is 4.98 Å². The average molecular weight is 341 g/mol. The van der Waals surface area contributed by atoms with E-state index in [4.69, 9.17) is 10.1 Å². The van der Waals surface area contributed by atoms with E-state index in [-0.39, 0.29) is 6.42 Å². The molecule has 1 saturated heterocycles. The zero-order valence-corrected chi connectivity index (χ0v) is 14.9. The van der Waals surface area contributed by atoms with E-state index in [1.54, 1.807) is 0 Å². The molecular formula is C20H27N3O2. The van der Waals surface area contributed by atoms with Gasteiger partial charge in [-0.2, -0.15) is 0 Å². The molecule has 25 heavy (non-hydrogen) atoms. The van der Waals surface area contributed by atoms with Gasteiger partial charge in [0, 0.05) is 31.6 Å². The lowest BCUT2D eigenvalue weighted by molar-refractivity contribution is -0.136. The third kappa shape index (κ3) is 4.92. The van der Waals surface area contributed by atoms with Crippen LogP contribution >= 0.6 is 0 Å². The second-order valence-corrected chi connectivity index (χ2v) is 6.98. The van der Waals surface area contributed by atoms with Gasteiger partial charge in [0.05, 0.1) is 5.69 Å². The van der Waals surface area contributed by atoms with Gasteiger partial charge >= 0.3 is 5.97 Å². The predicted molar refractivity (Wildman–Crippen MR) is 98.5 cm³/mol. The average Bonchev–Trinajstić information content (AvgIpc) is 3.00. The molecule has 5 nitrogen and oxygen atoms in total. The number of hydrogen-bond acceptors (Lipinski definition) is 3. The monoisotopic (exact) mass is 341 g/mol. The van der Waals surface area contributed by atoms with Crippen molar-refractivity contribution in [1.82, 2.24) is 14.9 Å². The molecule has 1 aliphatic heterocycles. The van der Waals surface area contributed by atoms with Crippen molar-refractivity contribution in [3.63, 3.8) is 0 Å². The third-order valence-electron chi connectivity index (χ3n) is 5.08. The van der Waals surface area contributed by atoms with Crippen LogP contribution in [0.5, 0.6) is 0 Å². The Morgan fingerprint density at radius 2 is 1.96 bits per heavy atom. The van der Waals surface area contributed by atoms with Gasteiger partial charge in [0.1, 0.15) is 5.82 Å². The lowest BCUT2D eigenvalue weighted by Crippen LogP contribution is -2.28. The fourth-order valence-electron chi connectivity index (χ4n) is 3.47. The molecule has 5 heteroatoms. The predicted octanol–water partition coefficient (Wildman–Crippen LogP) is 3.04. The number of imidazole rings is 1. The number of carboxylic acid groups (broad SMARTS) is 1. The fourth-order valence-corrected chi connectivity index (χ4v) is 3.47. The molecule has 0 atom stereocenters. The number of aliphatic carboxylic acids is 1. The Morgan fingerprint density at radius 1 is 1.24 bits per heavy atom. The van der Waals surface area contributed by atoms with E-state index in [1.165, 1.54) is 19.3 Å². The summed E-state index contributed by atoms with van der Waals surface area (Å²) in [4.78, 5) is 15.5. The minimum absolute atomic E-state index is 0.170. The van der Waals surface area contributed by atoms with Crippen LogP contribution in [0.15, 0.2) is 30.5 Å². The zero-order chi connectivity index (χ0) is 17.6. The van der Waals surface area contributed by atoms with Gasteiger partial charge in [0.15, 0.2) is 0 Å². The number of nitrogens with zero attached hydrogens (tertiary/aromatic N) is 2. The Kier molecular flexibility index (Phi) is 5.87. The van der Waals surface area contributed by atoms with Gasteiger partial charge in [-0.3, -0.25) is 4.79 Å². The lowest BCUT2D eigenvalue weighted by Gasteiger charge is -2.22. The summed E-state index contributed by atoms with van der Waals surface area (Å²) in [5, 5.41) is 12.2. The molecule has 3 rings (SSSR count). The van der Waals surface area contributed by atoms with Crippen molar-refractivity contribution >= 4 is 5.97 Å². The van der Waals surface area contributed by atoms with Gasteiger partial charge in [-0.05, 0) is 50.3 Å². The first-order chi connectivity index (χ1) is 12.1. The minimum Gasteiger partial charge on any atom is -0.481 e. The Labute approximate surface area is 149 Å². The van der Waals surface area contributed by atoms with Crippen LogP contribution in [0.4, 0.5) is 0 Å². The van der Waals surface area contributed by atoms with Crippen LogP contribution in [0, 0.1) is 5.92 Å². The van der Waals surface area contributed by atoms with Gasteiger partial charge in [0.2, 0.25) is 0 Å². The first kappa shape index (κ1) is 17.7. The van der Waals surface area contributed by atoms with Crippen molar-refractivity contribution in [2.75, 3.05) is 13.1 Å².